The second-order valence-corrected chi connectivity index (χ2v) is 11.9. The van der Waals surface area contributed by atoms with Crippen LogP contribution in [-0.4, -0.2) is 59.3 Å². The van der Waals surface area contributed by atoms with Crippen molar-refractivity contribution in [3.63, 3.8) is 0 Å². The van der Waals surface area contributed by atoms with Crippen molar-refractivity contribution in [2.24, 2.45) is 5.92 Å². The highest BCUT2D eigenvalue weighted by Gasteiger charge is 2.32. The lowest BCUT2D eigenvalue weighted by atomic mass is 9.87. The number of nitrogens with one attached hydrogen (secondary N) is 1. The maximum Gasteiger partial charge on any atom is 0.270 e. The first-order chi connectivity index (χ1) is 19.4. The Morgan fingerprint density at radius 1 is 1.15 bits per heavy atom. The molecule has 1 fully saturated rings. The standard InChI is InChI=1S/C31H37FN4O3S/c1-21(2)16-29(37)36-14-10-22-8-9-25(18-26(22)30(36)23-6-5-7-24(32)17-23)39-19-28-34-27(20-40-28)31(38)33-11-15-35-12-3-4-13-35/h5-9,17-18,20-21,30H,3-4,10-16,19H2,1-2H3,(H,33,38). The van der Waals surface area contributed by atoms with Gasteiger partial charge in [0.25, 0.3) is 5.91 Å². The van der Waals surface area contributed by atoms with Crippen molar-refractivity contribution in [3.05, 3.63) is 81.1 Å². The number of nitrogens with zero attached hydrogens (tertiary/aromatic N) is 3. The average molecular weight is 565 g/mol. The van der Waals surface area contributed by atoms with Gasteiger partial charge in [-0.3, -0.25) is 9.59 Å². The van der Waals surface area contributed by atoms with Gasteiger partial charge in [-0.25, -0.2) is 9.37 Å². The molecule has 1 aromatic heterocycles. The number of amides is 2. The number of thiazole rings is 1. The van der Waals surface area contributed by atoms with E-state index >= 15 is 0 Å². The molecule has 2 amide bonds. The molecule has 0 radical (unpaired) electrons. The highest BCUT2D eigenvalue weighted by molar-refractivity contribution is 7.09. The number of hydrogen-bond donors (Lipinski definition) is 1. The molecule has 1 atom stereocenters. The fourth-order valence-electron chi connectivity index (χ4n) is 5.51. The van der Waals surface area contributed by atoms with E-state index in [0.29, 0.717) is 36.0 Å². The van der Waals surface area contributed by atoms with E-state index in [0.717, 1.165) is 42.7 Å². The minimum absolute atomic E-state index is 0.0651. The summed E-state index contributed by atoms with van der Waals surface area (Å²) in [4.78, 5) is 34.5. The first-order valence-corrected chi connectivity index (χ1v) is 15.0. The molecule has 0 saturated carbocycles. The Morgan fingerprint density at radius 2 is 1.98 bits per heavy atom. The third-order valence-corrected chi connectivity index (χ3v) is 8.29. The largest absolute Gasteiger partial charge is 0.486 e. The Labute approximate surface area is 239 Å². The van der Waals surface area contributed by atoms with E-state index in [1.165, 1.54) is 36.3 Å². The van der Waals surface area contributed by atoms with Crippen LogP contribution in [-0.2, 0) is 17.8 Å². The molecular weight excluding hydrogens is 527 g/mol. The number of hydrogen-bond acceptors (Lipinski definition) is 6. The van der Waals surface area contributed by atoms with Gasteiger partial charge in [0, 0.05) is 31.4 Å². The summed E-state index contributed by atoms with van der Waals surface area (Å²) in [6.45, 7) is 8.55. The Balaban J connectivity index is 1.27. The van der Waals surface area contributed by atoms with Gasteiger partial charge < -0.3 is 19.9 Å². The zero-order valence-electron chi connectivity index (χ0n) is 23.2. The zero-order chi connectivity index (χ0) is 28.1. The highest BCUT2D eigenvalue weighted by Crippen LogP contribution is 2.38. The molecule has 40 heavy (non-hydrogen) atoms. The van der Waals surface area contributed by atoms with Gasteiger partial charge >= 0.3 is 0 Å². The number of rotatable bonds is 10. The molecule has 5 rings (SSSR count). The van der Waals surface area contributed by atoms with Crippen molar-refractivity contribution < 1.29 is 18.7 Å². The number of halogens is 1. The predicted octanol–water partition coefficient (Wildman–Crippen LogP) is 5.21. The van der Waals surface area contributed by atoms with Crippen LogP contribution in [0.5, 0.6) is 5.75 Å². The van der Waals surface area contributed by atoms with Crippen LogP contribution in [0.4, 0.5) is 4.39 Å². The zero-order valence-corrected chi connectivity index (χ0v) is 24.0. The monoisotopic (exact) mass is 564 g/mol. The summed E-state index contributed by atoms with van der Waals surface area (Å²) in [5.41, 5.74) is 3.22. The lowest BCUT2D eigenvalue weighted by Gasteiger charge is -2.38. The van der Waals surface area contributed by atoms with Crippen LogP contribution in [0.2, 0.25) is 0 Å². The number of aromatic nitrogens is 1. The summed E-state index contributed by atoms with van der Waals surface area (Å²) in [5.74, 6) is 0.444. The minimum Gasteiger partial charge on any atom is -0.486 e. The second kappa shape index (κ2) is 12.9. The normalized spacial score (nSPS) is 17.2. The number of fused-ring (bicyclic) bond motifs is 1. The summed E-state index contributed by atoms with van der Waals surface area (Å²) in [6.07, 6.45) is 3.63. The van der Waals surface area contributed by atoms with E-state index in [9.17, 15) is 14.0 Å². The van der Waals surface area contributed by atoms with Crippen LogP contribution in [0, 0.1) is 11.7 Å². The molecule has 7 nitrogen and oxygen atoms in total. The van der Waals surface area contributed by atoms with Crippen molar-refractivity contribution in [2.75, 3.05) is 32.7 Å². The first-order valence-electron chi connectivity index (χ1n) is 14.1. The molecule has 0 aliphatic carbocycles. The van der Waals surface area contributed by atoms with Gasteiger partial charge in [0.05, 0.1) is 6.04 Å². The van der Waals surface area contributed by atoms with Gasteiger partial charge in [-0.05, 0) is 79.2 Å². The fraction of sp³-hybridized carbons (Fsp3) is 0.452. The van der Waals surface area contributed by atoms with Gasteiger partial charge in [0.15, 0.2) is 0 Å². The smallest absolute Gasteiger partial charge is 0.270 e. The fourth-order valence-corrected chi connectivity index (χ4v) is 6.19. The van der Waals surface area contributed by atoms with E-state index in [4.69, 9.17) is 4.74 Å². The Bertz CT molecular complexity index is 1340. The first kappa shape index (κ1) is 28.2. The molecule has 212 valence electrons. The number of carbonyl (C=O) groups is 2. The minimum atomic E-state index is -0.384. The molecule has 1 saturated heterocycles. The van der Waals surface area contributed by atoms with Crippen molar-refractivity contribution in [1.29, 1.82) is 0 Å². The quantitative estimate of drug-likeness (QED) is 0.366. The Hall–Kier alpha value is -3.30. The summed E-state index contributed by atoms with van der Waals surface area (Å²) in [5, 5.41) is 5.43. The van der Waals surface area contributed by atoms with E-state index in [1.807, 2.05) is 43.0 Å². The van der Waals surface area contributed by atoms with Crippen molar-refractivity contribution >= 4 is 23.2 Å². The molecular formula is C31H37FN4O3S. The SMILES string of the molecule is CC(C)CC(=O)N1CCc2ccc(OCc3nc(C(=O)NCCN4CCCC4)cs3)cc2C1c1cccc(F)c1. The summed E-state index contributed by atoms with van der Waals surface area (Å²) in [7, 11) is 0. The molecule has 1 N–H and O–H groups in total. The average Bonchev–Trinajstić information content (AvgIpc) is 3.63. The number of carbonyl (C=O) groups excluding carboxylic acids is 2. The van der Waals surface area contributed by atoms with E-state index < -0.39 is 0 Å². The Morgan fingerprint density at radius 3 is 2.75 bits per heavy atom. The summed E-state index contributed by atoms with van der Waals surface area (Å²) < 4.78 is 20.4. The predicted molar refractivity (Wildman–Crippen MR) is 154 cm³/mol. The van der Waals surface area contributed by atoms with Gasteiger partial charge in [0.1, 0.15) is 28.9 Å². The highest BCUT2D eigenvalue weighted by atomic mass is 32.1. The van der Waals surface area contributed by atoms with Crippen LogP contribution >= 0.6 is 11.3 Å². The summed E-state index contributed by atoms with van der Waals surface area (Å²) in [6, 6.07) is 12.0. The molecule has 3 aromatic rings. The maximum absolute atomic E-state index is 14.3. The molecule has 2 aliphatic rings. The molecule has 1 unspecified atom stereocenters. The van der Waals surface area contributed by atoms with Crippen molar-refractivity contribution in [1.82, 2.24) is 20.1 Å². The van der Waals surface area contributed by atoms with Crippen molar-refractivity contribution in [3.8, 4) is 5.75 Å². The van der Waals surface area contributed by atoms with Crippen molar-refractivity contribution in [2.45, 2.75) is 52.2 Å². The molecule has 0 spiro atoms. The number of ether oxygens (including phenoxy) is 1. The number of benzene rings is 2. The van der Waals surface area contributed by atoms with Crippen LogP contribution < -0.4 is 10.1 Å². The second-order valence-electron chi connectivity index (χ2n) is 11.0. The van der Waals surface area contributed by atoms with Gasteiger partial charge in [0.2, 0.25) is 5.91 Å². The van der Waals surface area contributed by atoms with E-state index in [2.05, 4.69) is 15.2 Å². The Kier molecular flexibility index (Phi) is 9.11. The molecule has 2 aromatic carbocycles. The van der Waals surface area contributed by atoms with Gasteiger partial charge in [-0.15, -0.1) is 11.3 Å². The molecule has 9 heteroatoms. The lowest BCUT2D eigenvalue weighted by Crippen LogP contribution is -2.41. The molecule has 0 bridgehead atoms. The van der Waals surface area contributed by atoms with Crippen LogP contribution in [0.15, 0.2) is 47.8 Å². The van der Waals surface area contributed by atoms with E-state index in [-0.39, 0.29) is 36.2 Å². The number of likely N-dealkylation sites (tertiary alicyclic amines) is 1. The third-order valence-electron chi connectivity index (χ3n) is 7.47. The van der Waals surface area contributed by atoms with Crippen LogP contribution in [0.3, 0.4) is 0 Å². The molecule has 2 aliphatic heterocycles. The molecule has 3 heterocycles. The van der Waals surface area contributed by atoms with E-state index in [1.54, 1.807) is 11.4 Å². The lowest BCUT2D eigenvalue weighted by molar-refractivity contribution is -0.134. The maximum atomic E-state index is 14.3. The van der Waals surface area contributed by atoms with Gasteiger partial charge in [-0.1, -0.05) is 32.0 Å². The van der Waals surface area contributed by atoms with Crippen LogP contribution in [0.25, 0.3) is 0 Å². The third kappa shape index (κ3) is 6.88. The van der Waals surface area contributed by atoms with Gasteiger partial charge in [-0.2, -0.15) is 0 Å². The topological polar surface area (TPSA) is 74.8 Å². The van der Waals surface area contributed by atoms with Crippen LogP contribution in [0.1, 0.15) is 71.3 Å². The summed E-state index contributed by atoms with van der Waals surface area (Å²) >= 11 is 1.39.